The minimum atomic E-state index is -3.86. The van der Waals surface area contributed by atoms with E-state index in [0.717, 1.165) is 11.1 Å². The van der Waals surface area contributed by atoms with E-state index in [4.69, 9.17) is 8.94 Å². The molecule has 10 heteroatoms. The van der Waals surface area contributed by atoms with Crippen LogP contribution in [0.4, 0.5) is 5.69 Å². The van der Waals surface area contributed by atoms with E-state index in [-0.39, 0.29) is 17.0 Å². The molecule has 0 unspecified atom stereocenters. The van der Waals surface area contributed by atoms with Gasteiger partial charge in [0.15, 0.2) is 11.4 Å². The zero-order chi connectivity index (χ0) is 20.8. The third kappa shape index (κ3) is 3.54. The molecule has 0 saturated heterocycles. The second kappa shape index (κ2) is 6.89. The fourth-order valence-electron chi connectivity index (χ4n) is 2.98. The van der Waals surface area contributed by atoms with E-state index in [1.54, 1.807) is 19.1 Å². The van der Waals surface area contributed by atoms with Crippen LogP contribution in [0.15, 0.2) is 55.0 Å². The van der Waals surface area contributed by atoms with Crippen LogP contribution in [-0.2, 0) is 16.6 Å². The summed E-state index contributed by atoms with van der Waals surface area (Å²) in [5.74, 6) is 0.0619. The van der Waals surface area contributed by atoms with Crippen molar-refractivity contribution in [3.05, 3.63) is 69.8 Å². The molecule has 1 N–H and O–H groups in total. The van der Waals surface area contributed by atoms with Crippen LogP contribution in [-0.4, -0.2) is 23.1 Å². The number of hydrogen-bond acceptors (Lipinski definition) is 7. The van der Waals surface area contributed by atoms with Crippen molar-refractivity contribution < 1.29 is 17.4 Å². The number of hydrogen-bond donors (Lipinski definition) is 1. The molecule has 0 saturated carbocycles. The average molecular weight is 414 g/mol. The van der Waals surface area contributed by atoms with Crippen molar-refractivity contribution in [2.45, 2.75) is 32.2 Å². The van der Waals surface area contributed by atoms with Gasteiger partial charge in [-0.1, -0.05) is 17.3 Å². The van der Waals surface area contributed by atoms with Gasteiger partial charge in [-0.15, -0.1) is 0 Å². The third-order valence-corrected chi connectivity index (χ3v) is 6.03. The Balaban J connectivity index is 1.70. The zero-order valence-electron chi connectivity index (χ0n) is 16.0. The summed E-state index contributed by atoms with van der Waals surface area (Å²) in [5, 5.41) is 3.76. The van der Waals surface area contributed by atoms with Crippen LogP contribution in [0, 0.1) is 20.8 Å². The first-order chi connectivity index (χ1) is 13.7. The molecule has 9 nitrogen and oxygen atoms in total. The number of aryl methyl sites for hydroxylation is 2. The molecule has 0 spiro atoms. The lowest BCUT2D eigenvalue weighted by Crippen LogP contribution is -2.16. The minimum absolute atomic E-state index is 0.0118. The number of rotatable bonds is 5. The first-order valence-electron chi connectivity index (χ1n) is 8.76. The normalized spacial score (nSPS) is 11.8. The highest BCUT2D eigenvalue weighted by Crippen LogP contribution is 2.24. The topological polar surface area (TPSA) is 120 Å². The molecule has 0 radical (unpaired) electrons. The van der Waals surface area contributed by atoms with Crippen molar-refractivity contribution >= 4 is 26.8 Å². The maximum atomic E-state index is 12.8. The Morgan fingerprint density at radius 2 is 1.93 bits per heavy atom. The van der Waals surface area contributed by atoms with E-state index in [9.17, 15) is 13.2 Å². The minimum Gasteiger partial charge on any atom is -0.408 e. The number of oxazole rings is 1. The van der Waals surface area contributed by atoms with Crippen LogP contribution < -0.4 is 10.5 Å². The number of sulfonamides is 1. The van der Waals surface area contributed by atoms with E-state index in [1.165, 1.54) is 22.8 Å². The van der Waals surface area contributed by atoms with E-state index in [0.29, 0.717) is 22.9 Å². The van der Waals surface area contributed by atoms with Gasteiger partial charge in [-0.2, -0.15) is 4.98 Å². The molecule has 0 aliphatic rings. The summed E-state index contributed by atoms with van der Waals surface area (Å²) in [6.45, 7) is 5.44. The molecule has 29 heavy (non-hydrogen) atoms. The Bertz CT molecular complexity index is 1380. The molecule has 0 aliphatic carbocycles. The van der Waals surface area contributed by atoms with Crippen molar-refractivity contribution in [3.8, 4) is 0 Å². The van der Waals surface area contributed by atoms with Crippen LogP contribution in [0.5, 0.6) is 0 Å². The summed E-state index contributed by atoms with van der Waals surface area (Å²) in [6, 6.07) is 9.64. The monoisotopic (exact) mass is 414 g/mol. The van der Waals surface area contributed by atoms with E-state index < -0.39 is 15.8 Å². The summed E-state index contributed by atoms with van der Waals surface area (Å²) in [5.41, 5.74) is 2.89. The Morgan fingerprint density at radius 3 is 2.66 bits per heavy atom. The molecule has 2 aromatic heterocycles. The third-order valence-electron chi connectivity index (χ3n) is 4.67. The van der Waals surface area contributed by atoms with Gasteiger partial charge in [-0.25, -0.2) is 13.2 Å². The van der Waals surface area contributed by atoms with Gasteiger partial charge in [0.1, 0.15) is 0 Å². The number of nitrogens with one attached hydrogen (secondary N) is 1. The zero-order valence-corrected chi connectivity index (χ0v) is 16.8. The average Bonchev–Trinajstić information content (AvgIpc) is 3.21. The lowest BCUT2D eigenvalue weighted by Gasteiger charge is -2.12. The van der Waals surface area contributed by atoms with Gasteiger partial charge in [0, 0.05) is 13.0 Å². The van der Waals surface area contributed by atoms with Crippen LogP contribution in [0.1, 0.15) is 22.8 Å². The fraction of sp³-hybridized carbons (Fsp3) is 0.211. The maximum absolute atomic E-state index is 12.8. The predicted molar refractivity (Wildman–Crippen MR) is 105 cm³/mol. The highest BCUT2D eigenvalue weighted by molar-refractivity contribution is 7.92. The van der Waals surface area contributed by atoms with E-state index in [1.807, 2.05) is 19.9 Å². The fourth-order valence-corrected chi connectivity index (χ4v) is 4.11. The van der Waals surface area contributed by atoms with E-state index >= 15 is 0 Å². The van der Waals surface area contributed by atoms with Gasteiger partial charge >= 0.3 is 5.76 Å². The quantitative estimate of drug-likeness (QED) is 0.533. The van der Waals surface area contributed by atoms with Crippen LogP contribution in [0.3, 0.4) is 0 Å². The number of fused-ring (bicyclic) bond motifs is 1. The molecule has 0 aliphatic heterocycles. The maximum Gasteiger partial charge on any atom is 0.420 e. The second-order valence-electron chi connectivity index (χ2n) is 6.67. The van der Waals surface area contributed by atoms with Gasteiger partial charge in [-0.05, 0) is 43.2 Å². The molecule has 2 aromatic carbocycles. The largest absolute Gasteiger partial charge is 0.420 e. The highest BCUT2D eigenvalue weighted by Gasteiger charge is 2.19. The van der Waals surface area contributed by atoms with Gasteiger partial charge in [0.2, 0.25) is 5.89 Å². The number of benzene rings is 2. The van der Waals surface area contributed by atoms with Gasteiger partial charge in [-0.3, -0.25) is 9.29 Å². The smallest absolute Gasteiger partial charge is 0.408 e. The van der Waals surface area contributed by atoms with E-state index in [2.05, 4.69) is 14.9 Å². The Hall–Kier alpha value is -3.40. The first-order valence-corrected chi connectivity index (χ1v) is 10.2. The van der Waals surface area contributed by atoms with Gasteiger partial charge in [0.25, 0.3) is 10.0 Å². The summed E-state index contributed by atoms with van der Waals surface area (Å²) < 4.78 is 39.7. The second-order valence-corrected chi connectivity index (χ2v) is 8.35. The molecule has 4 aromatic rings. The first kappa shape index (κ1) is 18.9. The van der Waals surface area contributed by atoms with Crippen LogP contribution >= 0.6 is 0 Å². The molecule has 4 rings (SSSR count). The molecule has 0 fully saturated rings. The lowest BCUT2D eigenvalue weighted by atomic mass is 10.1. The van der Waals surface area contributed by atoms with Crippen molar-refractivity contribution in [2.24, 2.45) is 0 Å². The SMILES string of the molecule is Cc1nc(Cn2c(=O)oc3cc(S(=O)(=O)Nc4cccc(C)c4C)ccc32)no1. The van der Waals surface area contributed by atoms with Crippen LogP contribution in [0.25, 0.3) is 11.1 Å². The summed E-state index contributed by atoms with van der Waals surface area (Å²) >= 11 is 0. The van der Waals surface area contributed by atoms with Crippen molar-refractivity contribution in [3.63, 3.8) is 0 Å². The predicted octanol–water partition coefficient (Wildman–Crippen LogP) is 2.75. The molecule has 150 valence electrons. The number of aromatic nitrogens is 3. The lowest BCUT2D eigenvalue weighted by molar-refractivity contribution is 0.385. The van der Waals surface area contributed by atoms with Gasteiger partial charge in [0.05, 0.1) is 22.6 Å². The molecular formula is C19H18N4O5S. The number of anilines is 1. The summed E-state index contributed by atoms with van der Waals surface area (Å²) in [6.07, 6.45) is 0. The molecular weight excluding hydrogens is 396 g/mol. The van der Waals surface area contributed by atoms with Crippen LogP contribution in [0.2, 0.25) is 0 Å². The summed E-state index contributed by atoms with van der Waals surface area (Å²) in [4.78, 5) is 16.3. The standard InChI is InChI=1S/C19H18N4O5S/c1-11-5-4-6-15(12(11)2)22-29(25,26)14-7-8-16-17(9-14)27-19(24)23(16)10-18-20-13(3)28-21-18/h4-9,22H,10H2,1-3H3. The molecule has 2 heterocycles. The highest BCUT2D eigenvalue weighted by atomic mass is 32.2. The van der Waals surface area contributed by atoms with Crippen molar-refractivity contribution in [1.82, 2.24) is 14.7 Å². The summed E-state index contributed by atoms with van der Waals surface area (Å²) in [7, 11) is -3.86. The Labute approximate surface area is 166 Å². The van der Waals surface area contributed by atoms with Gasteiger partial charge < -0.3 is 8.94 Å². The Kier molecular flexibility index (Phi) is 4.50. The molecule has 0 bridgehead atoms. The van der Waals surface area contributed by atoms with Crippen molar-refractivity contribution in [1.29, 1.82) is 0 Å². The Morgan fingerprint density at radius 1 is 1.14 bits per heavy atom. The number of nitrogens with zero attached hydrogens (tertiary/aromatic N) is 3. The molecule has 0 amide bonds. The van der Waals surface area contributed by atoms with Crippen molar-refractivity contribution in [2.75, 3.05) is 4.72 Å². The molecule has 0 atom stereocenters.